The van der Waals surface area contributed by atoms with Crippen molar-refractivity contribution >= 4 is 18.2 Å². The van der Waals surface area contributed by atoms with Gasteiger partial charge in [0.1, 0.15) is 18.8 Å². The molecule has 0 unspecified atom stereocenters. The molecule has 0 aliphatic carbocycles. The summed E-state index contributed by atoms with van der Waals surface area (Å²) in [5, 5.41) is 3.86. The molecule has 0 aromatic heterocycles. The van der Waals surface area contributed by atoms with Crippen molar-refractivity contribution in [1.82, 2.24) is 0 Å². The van der Waals surface area contributed by atoms with Gasteiger partial charge in [-0.05, 0) is 17.7 Å². The number of carbonyl (C=O) groups is 2. The lowest BCUT2D eigenvalue weighted by Crippen LogP contribution is -2.41. The molecule has 0 radical (unpaired) electrons. The predicted octanol–water partition coefficient (Wildman–Crippen LogP) is 1.81. The number of esters is 2. The van der Waals surface area contributed by atoms with Gasteiger partial charge in [0.15, 0.2) is 0 Å². The van der Waals surface area contributed by atoms with Gasteiger partial charge in [0, 0.05) is 13.8 Å². The molecule has 0 spiro atoms. The standard InChI is InChI=1S/C17H19NO6/c1-12(19)21-11-16-15(22-13(2)20)8-9-17(23-16)24-18-10-14-6-4-3-5-7-14/h3-10,15-17H,11H2,1-2H3/b18-10+/t15-,16+,17+/m0/s1. The smallest absolute Gasteiger partial charge is 0.303 e. The molecule has 1 aliphatic heterocycles. The van der Waals surface area contributed by atoms with Gasteiger partial charge in [-0.1, -0.05) is 35.5 Å². The molecule has 0 saturated heterocycles. The molecule has 0 N–H and O–H groups in total. The fourth-order valence-corrected chi connectivity index (χ4v) is 2.01. The Labute approximate surface area is 139 Å². The molecule has 3 atom stereocenters. The van der Waals surface area contributed by atoms with Gasteiger partial charge in [0.25, 0.3) is 0 Å². The second kappa shape index (κ2) is 8.83. The number of rotatable bonds is 6. The topological polar surface area (TPSA) is 83.4 Å². The van der Waals surface area contributed by atoms with Crippen LogP contribution in [0.15, 0.2) is 47.6 Å². The highest BCUT2D eigenvalue weighted by molar-refractivity contribution is 5.78. The van der Waals surface area contributed by atoms with E-state index in [1.807, 2.05) is 30.3 Å². The first-order valence-electron chi connectivity index (χ1n) is 7.43. The normalized spacial score (nSPS) is 23.0. The molecule has 0 bridgehead atoms. The molecular weight excluding hydrogens is 314 g/mol. The summed E-state index contributed by atoms with van der Waals surface area (Å²) in [6.07, 6.45) is 2.68. The predicted molar refractivity (Wildman–Crippen MR) is 85.1 cm³/mol. The van der Waals surface area contributed by atoms with E-state index in [-0.39, 0.29) is 6.61 Å². The molecule has 7 heteroatoms. The summed E-state index contributed by atoms with van der Waals surface area (Å²) in [6.45, 7) is 2.53. The zero-order valence-corrected chi connectivity index (χ0v) is 13.5. The van der Waals surface area contributed by atoms with Crippen LogP contribution >= 0.6 is 0 Å². The van der Waals surface area contributed by atoms with Crippen LogP contribution in [-0.4, -0.2) is 43.3 Å². The second-order valence-corrected chi connectivity index (χ2v) is 5.06. The van der Waals surface area contributed by atoms with Gasteiger partial charge in [0.05, 0.1) is 6.21 Å². The minimum absolute atomic E-state index is 0.0557. The molecule has 1 heterocycles. The summed E-state index contributed by atoms with van der Waals surface area (Å²) in [4.78, 5) is 27.4. The molecule has 0 amide bonds. The first-order chi connectivity index (χ1) is 11.5. The third kappa shape index (κ3) is 5.85. The van der Waals surface area contributed by atoms with Crippen molar-refractivity contribution in [3.63, 3.8) is 0 Å². The lowest BCUT2D eigenvalue weighted by Gasteiger charge is -2.30. The quantitative estimate of drug-likeness (QED) is 0.342. The van der Waals surface area contributed by atoms with Crippen LogP contribution < -0.4 is 0 Å². The molecule has 24 heavy (non-hydrogen) atoms. The maximum atomic E-state index is 11.1. The van der Waals surface area contributed by atoms with E-state index in [1.165, 1.54) is 13.8 Å². The van der Waals surface area contributed by atoms with Gasteiger partial charge < -0.3 is 19.0 Å². The van der Waals surface area contributed by atoms with Crippen LogP contribution in [0, 0.1) is 0 Å². The van der Waals surface area contributed by atoms with E-state index in [0.29, 0.717) is 0 Å². The highest BCUT2D eigenvalue weighted by Gasteiger charge is 2.31. The van der Waals surface area contributed by atoms with Crippen molar-refractivity contribution in [1.29, 1.82) is 0 Å². The molecule has 2 rings (SSSR count). The van der Waals surface area contributed by atoms with Gasteiger partial charge in [-0.3, -0.25) is 9.59 Å². The zero-order valence-electron chi connectivity index (χ0n) is 13.5. The summed E-state index contributed by atoms with van der Waals surface area (Å²) >= 11 is 0. The Morgan fingerprint density at radius 3 is 2.58 bits per heavy atom. The number of benzene rings is 1. The van der Waals surface area contributed by atoms with Crippen molar-refractivity contribution in [3.8, 4) is 0 Å². The Morgan fingerprint density at radius 2 is 1.92 bits per heavy atom. The molecule has 0 fully saturated rings. The van der Waals surface area contributed by atoms with Crippen molar-refractivity contribution in [3.05, 3.63) is 48.0 Å². The number of ether oxygens (including phenoxy) is 3. The van der Waals surface area contributed by atoms with E-state index in [1.54, 1.807) is 18.4 Å². The average Bonchev–Trinajstić information content (AvgIpc) is 2.55. The Bertz CT molecular complexity index is 613. The molecule has 0 saturated carbocycles. The summed E-state index contributed by atoms with van der Waals surface area (Å²) in [5.74, 6) is -0.906. The van der Waals surface area contributed by atoms with Crippen molar-refractivity contribution in [2.75, 3.05) is 6.61 Å². The second-order valence-electron chi connectivity index (χ2n) is 5.06. The monoisotopic (exact) mass is 333 g/mol. The highest BCUT2D eigenvalue weighted by Crippen LogP contribution is 2.18. The van der Waals surface area contributed by atoms with E-state index < -0.39 is 30.4 Å². The maximum absolute atomic E-state index is 11.1. The van der Waals surface area contributed by atoms with Crippen LogP contribution in [0.1, 0.15) is 19.4 Å². The highest BCUT2D eigenvalue weighted by atomic mass is 16.8. The fourth-order valence-electron chi connectivity index (χ4n) is 2.01. The molecule has 7 nitrogen and oxygen atoms in total. The third-order valence-corrected chi connectivity index (χ3v) is 3.05. The van der Waals surface area contributed by atoms with Gasteiger partial charge in [-0.15, -0.1) is 0 Å². The first kappa shape index (κ1) is 17.7. The molecule has 128 valence electrons. The van der Waals surface area contributed by atoms with E-state index in [9.17, 15) is 9.59 Å². The largest absolute Gasteiger partial charge is 0.463 e. The lowest BCUT2D eigenvalue weighted by molar-refractivity contribution is -0.196. The Hall–Kier alpha value is -2.67. The number of nitrogens with zero attached hydrogens (tertiary/aromatic N) is 1. The number of hydrogen-bond acceptors (Lipinski definition) is 7. The minimum atomic E-state index is -0.766. The lowest BCUT2D eigenvalue weighted by atomic mass is 10.1. The summed E-state index contributed by atoms with van der Waals surface area (Å²) in [6, 6.07) is 9.43. The van der Waals surface area contributed by atoms with Gasteiger partial charge >= 0.3 is 11.9 Å². The number of hydrogen-bond donors (Lipinski definition) is 0. The zero-order chi connectivity index (χ0) is 17.4. The van der Waals surface area contributed by atoms with Gasteiger partial charge in [-0.25, -0.2) is 0 Å². The number of oxime groups is 1. The Kier molecular flexibility index (Phi) is 6.51. The molecular formula is C17H19NO6. The van der Waals surface area contributed by atoms with Crippen molar-refractivity contribution in [2.45, 2.75) is 32.3 Å². The molecule has 1 aromatic rings. The van der Waals surface area contributed by atoms with Crippen LogP contribution in [0.25, 0.3) is 0 Å². The van der Waals surface area contributed by atoms with Crippen LogP contribution in [-0.2, 0) is 28.6 Å². The van der Waals surface area contributed by atoms with E-state index in [2.05, 4.69) is 5.16 Å². The van der Waals surface area contributed by atoms with Crippen LogP contribution in [0.3, 0.4) is 0 Å². The van der Waals surface area contributed by atoms with Gasteiger partial charge in [0.2, 0.25) is 6.29 Å². The summed E-state index contributed by atoms with van der Waals surface area (Å²) < 4.78 is 15.7. The molecule has 1 aromatic carbocycles. The van der Waals surface area contributed by atoms with Crippen LogP contribution in [0.4, 0.5) is 0 Å². The van der Waals surface area contributed by atoms with Gasteiger partial charge in [-0.2, -0.15) is 0 Å². The first-order valence-corrected chi connectivity index (χ1v) is 7.43. The fraction of sp³-hybridized carbons (Fsp3) is 0.353. The van der Waals surface area contributed by atoms with E-state index in [0.717, 1.165) is 5.56 Å². The SMILES string of the molecule is CC(=O)OC[C@H]1O[C@H](O/N=C/c2ccccc2)C=C[C@@H]1OC(C)=O. The average molecular weight is 333 g/mol. The minimum Gasteiger partial charge on any atom is -0.463 e. The Balaban J connectivity index is 1.95. The van der Waals surface area contributed by atoms with Crippen LogP contribution in [0.5, 0.6) is 0 Å². The Morgan fingerprint density at radius 1 is 1.17 bits per heavy atom. The van der Waals surface area contributed by atoms with E-state index in [4.69, 9.17) is 19.0 Å². The van der Waals surface area contributed by atoms with Crippen molar-refractivity contribution < 1.29 is 28.6 Å². The summed E-state index contributed by atoms with van der Waals surface area (Å²) in [5.41, 5.74) is 0.881. The maximum Gasteiger partial charge on any atom is 0.303 e. The molecule has 1 aliphatic rings. The van der Waals surface area contributed by atoms with Crippen LogP contribution in [0.2, 0.25) is 0 Å². The van der Waals surface area contributed by atoms with Crippen molar-refractivity contribution in [2.24, 2.45) is 5.16 Å². The summed E-state index contributed by atoms with van der Waals surface area (Å²) in [7, 11) is 0. The van der Waals surface area contributed by atoms with E-state index >= 15 is 0 Å². The third-order valence-electron chi connectivity index (χ3n) is 3.05. The number of carbonyl (C=O) groups excluding carboxylic acids is 2.